The highest BCUT2D eigenvalue weighted by molar-refractivity contribution is 5.17. The topological polar surface area (TPSA) is 0 Å². The third-order valence-electron chi connectivity index (χ3n) is 5.39. The summed E-state index contributed by atoms with van der Waals surface area (Å²) in [6.45, 7) is 9.83. The van der Waals surface area contributed by atoms with Crippen molar-refractivity contribution in [1.82, 2.24) is 0 Å². The summed E-state index contributed by atoms with van der Waals surface area (Å²) in [4.78, 5) is 0. The van der Waals surface area contributed by atoms with Gasteiger partial charge in [0, 0.05) is 0 Å². The molecule has 0 heterocycles. The highest BCUT2D eigenvalue weighted by atomic mass is 14.6. The maximum atomic E-state index is 2.50. The van der Waals surface area contributed by atoms with Crippen LogP contribution in [0.3, 0.4) is 0 Å². The van der Waals surface area contributed by atoms with Gasteiger partial charge in [0.1, 0.15) is 0 Å². The monoisotopic (exact) mass is 178 g/mol. The first-order valence-corrected chi connectivity index (χ1v) is 5.68. The first-order chi connectivity index (χ1) is 6.01. The maximum absolute atomic E-state index is 2.50. The number of rotatable bonds is 0. The molecule has 0 unspecified atom stereocenters. The molecule has 0 nitrogen and oxygen atoms in total. The van der Waals surface area contributed by atoms with Gasteiger partial charge in [-0.25, -0.2) is 0 Å². The fourth-order valence-electron chi connectivity index (χ4n) is 3.56. The summed E-state index contributed by atoms with van der Waals surface area (Å²) in [6.07, 6.45) is 9.05. The summed E-state index contributed by atoms with van der Waals surface area (Å²) in [5.41, 5.74) is 1.05. The van der Waals surface area contributed by atoms with Gasteiger partial charge >= 0.3 is 0 Å². The predicted octanol–water partition coefficient (Wildman–Crippen LogP) is 4.02. The Labute approximate surface area is 82.4 Å². The average Bonchev–Trinajstić information content (AvgIpc) is 2.31. The van der Waals surface area contributed by atoms with E-state index in [4.69, 9.17) is 0 Å². The maximum Gasteiger partial charge on any atom is -0.00645 e. The third kappa shape index (κ3) is 0.978. The molecule has 2 aliphatic carbocycles. The largest absolute Gasteiger partial charge is 0.0877 e. The highest BCUT2D eigenvalue weighted by Gasteiger charge is 2.54. The van der Waals surface area contributed by atoms with Crippen molar-refractivity contribution in [2.24, 2.45) is 22.7 Å². The Morgan fingerprint density at radius 3 is 2.46 bits per heavy atom. The Hall–Kier alpha value is -0.260. The van der Waals surface area contributed by atoms with Crippen LogP contribution in [0.5, 0.6) is 0 Å². The molecule has 0 N–H and O–H groups in total. The van der Waals surface area contributed by atoms with Gasteiger partial charge in [-0.15, -0.1) is 0 Å². The summed E-state index contributed by atoms with van der Waals surface area (Å²) in [7, 11) is 0. The molecule has 1 fully saturated rings. The molecular formula is C13H22. The van der Waals surface area contributed by atoms with Crippen LogP contribution < -0.4 is 0 Å². The van der Waals surface area contributed by atoms with Gasteiger partial charge in [0.25, 0.3) is 0 Å². The molecule has 0 aromatic carbocycles. The van der Waals surface area contributed by atoms with E-state index in [2.05, 4.69) is 39.8 Å². The van der Waals surface area contributed by atoms with Crippen LogP contribution in [0.1, 0.15) is 47.0 Å². The van der Waals surface area contributed by atoms with Crippen LogP contribution in [0.2, 0.25) is 0 Å². The van der Waals surface area contributed by atoms with Gasteiger partial charge in [-0.2, -0.15) is 0 Å². The number of fused-ring (bicyclic) bond motifs is 1. The Kier molecular flexibility index (Phi) is 1.87. The lowest BCUT2D eigenvalue weighted by atomic mass is 9.56. The van der Waals surface area contributed by atoms with Crippen molar-refractivity contribution in [2.75, 3.05) is 0 Å². The number of allylic oxidation sites excluding steroid dienone is 2. The van der Waals surface area contributed by atoms with E-state index in [0.29, 0.717) is 10.8 Å². The minimum absolute atomic E-state index is 0.477. The van der Waals surface area contributed by atoms with Gasteiger partial charge in [-0.3, -0.25) is 0 Å². The SMILES string of the molecule is C[C@@H]1CC[C@@]2(C)[C@H](C)CC=C[C@@]12C. The number of hydrogen-bond donors (Lipinski definition) is 0. The van der Waals surface area contributed by atoms with Crippen LogP contribution in [0.15, 0.2) is 12.2 Å². The fourth-order valence-corrected chi connectivity index (χ4v) is 3.56. The lowest BCUT2D eigenvalue weighted by Gasteiger charge is -2.48. The first kappa shape index (κ1) is 9.30. The molecule has 74 valence electrons. The van der Waals surface area contributed by atoms with Crippen molar-refractivity contribution in [3.8, 4) is 0 Å². The van der Waals surface area contributed by atoms with Crippen LogP contribution in [0.4, 0.5) is 0 Å². The van der Waals surface area contributed by atoms with E-state index in [0.717, 1.165) is 11.8 Å². The fraction of sp³-hybridized carbons (Fsp3) is 0.846. The minimum atomic E-state index is 0.477. The van der Waals surface area contributed by atoms with Gasteiger partial charge in [-0.05, 0) is 41.9 Å². The van der Waals surface area contributed by atoms with Crippen molar-refractivity contribution in [3.63, 3.8) is 0 Å². The van der Waals surface area contributed by atoms with E-state index in [1.165, 1.54) is 19.3 Å². The normalized spacial score (nSPS) is 55.1. The molecule has 0 aromatic rings. The Bertz CT molecular complexity index is 240. The lowest BCUT2D eigenvalue weighted by molar-refractivity contribution is 0.0557. The smallest absolute Gasteiger partial charge is 0.00645 e. The quantitative estimate of drug-likeness (QED) is 0.491. The van der Waals surface area contributed by atoms with Crippen LogP contribution in [-0.2, 0) is 0 Å². The van der Waals surface area contributed by atoms with E-state index in [-0.39, 0.29) is 0 Å². The van der Waals surface area contributed by atoms with Crippen LogP contribution in [0, 0.1) is 22.7 Å². The van der Waals surface area contributed by atoms with E-state index in [1.807, 2.05) is 0 Å². The van der Waals surface area contributed by atoms with Gasteiger partial charge in [0.05, 0.1) is 0 Å². The standard InChI is InChI=1S/C13H22/c1-10-6-5-8-12(3)11(2)7-9-13(10,12)4/h5,8,10-11H,6-7,9H2,1-4H3/t10-,11-,12+,13+/m1/s1. The summed E-state index contributed by atoms with van der Waals surface area (Å²) in [5.74, 6) is 1.74. The molecule has 0 spiro atoms. The summed E-state index contributed by atoms with van der Waals surface area (Å²) in [5, 5.41) is 0. The van der Waals surface area contributed by atoms with Gasteiger partial charge < -0.3 is 0 Å². The van der Waals surface area contributed by atoms with Crippen molar-refractivity contribution >= 4 is 0 Å². The third-order valence-corrected chi connectivity index (χ3v) is 5.39. The Morgan fingerprint density at radius 1 is 1.15 bits per heavy atom. The Balaban J connectivity index is 2.44. The van der Waals surface area contributed by atoms with Crippen LogP contribution >= 0.6 is 0 Å². The zero-order valence-electron chi connectivity index (χ0n) is 9.43. The van der Waals surface area contributed by atoms with Crippen LogP contribution in [0.25, 0.3) is 0 Å². The summed E-state index contributed by atoms with van der Waals surface area (Å²) < 4.78 is 0. The minimum Gasteiger partial charge on any atom is -0.0877 e. The van der Waals surface area contributed by atoms with Crippen molar-refractivity contribution in [3.05, 3.63) is 12.2 Å². The molecule has 1 saturated carbocycles. The predicted molar refractivity (Wildman–Crippen MR) is 57.5 cm³/mol. The van der Waals surface area contributed by atoms with Crippen LogP contribution in [-0.4, -0.2) is 0 Å². The molecule has 0 saturated heterocycles. The molecule has 2 aliphatic rings. The van der Waals surface area contributed by atoms with Crippen molar-refractivity contribution in [1.29, 1.82) is 0 Å². The average molecular weight is 178 g/mol. The van der Waals surface area contributed by atoms with Gasteiger partial charge in [0.15, 0.2) is 0 Å². The van der Waals surface area contributed by atoms with Crippen molar-refractivity contribution < 1.29 is 0 Å². The first-order valence-electron chi connectivity index (χ1n) is 5.68. The van der Waals surface area contributed by atoms with E-state index < -0.39 is 0 Å². The van der Waals surface area contributed by atoms with Crippen molar-refractivity contribution in [2.45, 2.75) is 47.0 Å². The molecule has 13 heavy (non-hydrogen) atoms. The summed E-state index contributed by atoms with van der Waals surface area (Å²) in [6, 6.07) is 0. The molecule has 0 aromatic heterocycles. The second-order valence-electron chi connectivity index (χ2n) is 5.68. The molecule has 4 atom stereocenters. The molecule has 0 amide bonds. The second-order valence-corrected chi connectivity index (χ2v) is 5.68. The summed E-state index contributed by atoms with van der Waals surface area (Å²) >= 11 is 0. The zero-order valence-corrected chi connectivity index (χ0v) is 9.43. The molecule has 0 bridgehead atoms. The molecule has 0 heteroatoms. The van der Waals surface area contributed by atoms with E-state index in [9.17, 15) is 0 Å². The molecule has 0 radical (unpaired) electrons. The molecular weight excluding hydrogens is 156 g/mol. The zero-order chi connectivity index (χ0) is 9.69. The highest BCUT2D eigenvalue weighted by Crippen LogP contribution is 2.62. The van der Waals surface area contributed by atoms with E-state index >= 15 is 0 Å². The molecule has 2 rings (SSSR count). The number of hydrogen-bond acceptors (Lipinski definition) is 0. The van der Waals surface area contributed by atoms with Gasteiger partial charge in [0.2, 0.25) is 0 Å². The lowest BCUT2D eigenvalue weighted by Crippen LogP contribution is -2.41. The molecule has 0 aliphatic heterocycles. The Morgan fingerprint density at radius 2 is 1.85 bits per heavy atom. The van der Waals surface area contributed by atoms with E-state index in [1.54, 1.807) is 0 Å². The van der Waals surface area contributed by atoms with Gasteiger partial charge in [-0.1, -0.05) is 39.8 Å². The second kappa shape index (κ2) is 2.62.